The normalized spacial score (nSPS) is 14.0. The van der Waals surface area contributed by atoms with Crippen LogP contribution in [0, 0.1) is 5.92 Å². The number of amides is 4. The van der Waals surface area contributed by atoms with Gasteiger partial charge in [-0.2, -0.15) is 0 Å². The van der Waals surface area contributed by atoms with Crippen LogP contribution in [-0.2, 0) is 61.0 Å². The number of sulfone groups is 1. The standard InChI is InChI=1S/C45H60N4O11S/c1-29(2)39(42(54)46-33(24-25-61(9,56)57)27-38(51)60-45(6,7)8)49-41(53)36(26-32-20-15-19-31-18-13-14-21-34(31)32)47-40(52)35(22-23-37(50)59-44(3,4)5)48-43(55)58-28-30-16-11-10-12-17-30/h10-21,24-25,29,33,35-36,39H,22-23,26-28H2,1-9H3,(H,46,54)(H,47,52)(H,48,55)(H,49,53). The second-order valence-corrected chi connectivity index (χ2v) is 19.0. The van der Waals surface area contributed by atoms with Crippen LogP contribution in [0.1, 0.15) is 85.8 Å². The molecule has 0 saturated carbocycles. The van der Waals surface area contributed by atoms with Gasteiger partial charge in [-0.25, -0.2) is 13.2 Å². The summed E-state index contributed by atoms with van der Waals surface area (Å²) in [4.78, 5) is 81.0. The monoisotopic (exact) mass is 864 g/mol. The average Bonchev–Trinajstić information content (AvgIpc) is 3.15. The molecular formula is C45H60N4O11S. The zero-order chi connectivity index (χ0) is 45.5. The van der Waals surface area contributed by atoms with Crippen LogP contribution in [-0.4, -0.2) is 85.8 Å². The van der Waals surface area contributed by atoms with Crippen LogP contribution in [0.5, 0.6) is 0 Å². The molecule has 0 aliphatic rings. The largest absolute Gasteiger partial charge is 0.460 e. The molecule has 332 valence electrons. The predicted octanol–water partition coefficient (Wildman–Crippen LogP) is 5.20. The van der Waals surface area contributed by atoms with E-state index in [0.717, 1.165) is 28.5 Å². The van der Waals surface area contributed by atoms with E-state index in [1.807, 2.05) is 42.5 Å². The molecule has 4 atom stereocenters. The summed E-state index contributed by atoms with van der Waals surface area (Å²) in [6.07, 6.45) is 0.256. The van der Waals surface area contributed by atoms with E-state index >= 15 is 0 Å². The molecule has 0 spiro atoms. The zero-order valence-electron chi connectivity index (χ0n) is 36.4. The second-order valence-electron chi connectivity index (χ2n) is 17.1. The van der Waals surface area contributed by atoms with Crippen LogP contribution >= 0.6 is 0 Å². The topological polar surface area (TPSA) is 212 Å². The molecule has 0 aliphatic carbocycles. The molecule has 3 aromatic carbocycles. The Balaban J connectivity index is 1.95. The molecule has 0 radical (unpaired) electrons. The second kappa shape index (κ2) is 22.2. The SMILES string of the molecule is CC(C)C(NC(=O)C(Cc1cccc2ccccc12)NC(=O)C(CCC(=O)OC(C)(C)C)NC(=O)OCc1ccccc1)C(=O)NC(C=CS(C)(=O)=O)CC(=O)OC(C)(C)C. The Bertz CT molecular complexity index is 2140. The molecule has 0 bridgehead atoms. The Morgan fingerprint density at radius 1 is 0.689 bits per heavy atom. The third-order valence-electron chi connectivity index (χ3n) is 8.75. The van der Waals surface area contributed by atoms with Crippen molar-refractivity contribution in [3.63, 3.8) is 0 Å². The predicted molar refractivity (Wildman–Crippen MR) is 231 cm³/mol. The van der Waals surface area contributed by atoms with Gasteiger partial charge in [-0.3, -0.25) is 24.0 Å². The molecule has 0 fully saturated rings. The molecule has 0 saturated heterocycles. The minimum Gasteiger partial charge on any atom is -0.460 e. The molecule has 0 aliphatic heterocycles. The highest BCUT2D eigenvalue weighted by atomic mass is 32.2. The van der Waals surface area contributed by atoms with E-state index in [2.05, 4.69) is 21.3 Å². The quantitative estimate of drug-likeness (QED) is 0.0909. The maximum Gasteiger partial charge on any atom is 0.408 e. The first-order chi connectivity index (χ1) is 28.4. The number of rotatable bonds is 19. The van der Waals surface area contributed by atoms with Crippen LogP contribution in [0.4, 0.5) is 4.79 Å². The minimum atomic E-state index is -3.65. The number of alkyl carbamates (subject to hydrolysis) is 1. The van der Waals surface area contributed by atoms with E-state index in [4.69, 9.17) is 14.2 Å². The Kier molecular flexibility index (Phi) is 18.0. The lowest BCUT2D eigenvalue weighted by atomic mass is 9.97. The van der Waals surface area contributed by atoms with Crippen LogP contribution < -0.4 is 21.3 Å². The number of benzene rings is 3. The highest BCUT2D eigenvalue weighted by molar-refractivity contribution is 7.93. The Morgan fingerprint density at radius 2 is 1.28 bits per heavy atom. The molecule has 3 aromatic rings. The maximum atomic E-state index is 14.4. The lowest BCUT2D eigenvalue weighted by molar-refractivity contribution is -0.156. The Hall–Kier alpha value is -5.77. The maximum absolute atomic E-state index is 14.4. The molecule has 0 aromatic heterocycles. The van der Waals surface area contributed by atoms with Crippen LogP contribution in [0.25, 0.3) is 10.8 Å². The van der Waals surface area contributed by atoms with Gasteiger partial charge in [-0.15, -0.1) is 0 Å². The van der Waals surface area contributed by atoms with Crippen molar-refractivity contribution in [2.24, 2.45) is 5.92 Å². The molecule has 61 heavy (non-hydrogen) atoms. The van der Waals surface area contributed by atoms with E-state index in [1.54, 1.807) is 85.7 Å². The smallest absolute Gasteiger partial charge is 0.408 e. The summed E-state index contributed by atoms with van der Waals surface area (Å²) in [5, 5.41) is 13.2. The number of hydrogen-bond donors (Lipinski definition) is 4. The number of hydrogen-bond acceptors (Lipinski definition) is 11. The third-order valence-corrected chi connectivity index (χ3v) is 9.41. The van der Waals surface area contributed by atoms with E-state index in [0.29, 0.717) is 11.1 Å². The highest BCUT2D eigenvalue weighted by Gasteiger charge is 2.33. The summed E-state index contributed by atoms with van der Waals surface area (Å²) >= 11 is 0. The molecule has 15 nitrogen and oxygen atoms in total. The number of ether oxygens (including phenoxy) is 3. The van der Waals surface area contributed by atoms with Crippen molar-refractivity contribution in [1.82, 2.24) is 21.3 Å². The molecule has 4 unspecified atom stereocenters. The summed E-state index contributed by atoms with van der Waals surface area (Å²) in [5.41, 5.74) is -0.271. The molecule has 3 rings (SSSR count). The highest BCUT2D eigenvalue weighted by Crippen LogP contribution is 2.21. The number of esters is 2. The van der Waals surface area contributed by atoms with Crippen molar-refractivity contribution in [1.29, 1.82) is 0 Å². The van der Waals surface area contributed by atoms with Crippen molar-refractivity contribution in [3.05, 3.63) is 95.4 Å². The molecule has 16 heteroatoms. The van der Waals surface area contributed by atoms with Crippen molar-refractivity contribution < 1.29 is 51.4 Å². The lowest BCUT2D eigenvalue weighted by Gasteiger charge is -2.28. The Labute approximate surface area is 358 Å². The van der Waals surface area contributed by atoms with Crippen LogP contribution in [0.3, 0.4) is 0 Å². The molecule has 0 heterocycles. The summed E-state index contributed by atoms with van der Waals surface area (Å²) in [7, 11) is -3.65. The van der Waals surface area contributed by atoms with Gasteiger partial charge in [-0.05, 0) is 75.8 Å². The van der Waals surface area contributed by atoms with Crippen LogP contribution in [0.2, 0.25) is 0 Å². The van der Waals surface area contributed by atoms with Gasteiger partial charge in [0, 0.05) is 24.5 Å². The van der Waals surface area contributed by atoms with Crippen molar-refractivity contribution in [2.45, 2.75) is 123 Å². The van der Waals surface area contributed by atoms with Crippen molar-refractivity contribution in [2.75, 3.05) is 6.26 Å². The van der Waals surface area contributed by atoms with E-state index in [9.17, 15) is 37.2 Å². The lowest BCUT2D eigenvalue weighted by Crippen LogP contribution is -2.59. The summed E-state index contributed by atoms with van der Waals surface area (Å²) in [5.74, 6) is -4.16. The van der Waals surface area contributed by atoms with Gasteiger partial charge in [0.2, 0.25) is 17.7 Å². The van der Waals surface area contributed by atoms with Gasteiger partial charge in [0.1, 0.15) is 35.9 Å². The van der Waals surface area contributed by atoms with Crippen molar-refractivity contribution >= 4 is 56.4 Å². The van der Waals surface area contributed by atoms with Crippen molar-refractivity contribution in [3.8, 4) is 0 Å². The third kappa shape index (κ3) is 18.6. The minimum absolute atomic E-state index is 0.0546. The fraction of sp³-hybridized carbons (Fsp3) is 0.467. The summed E-state index contributed by atoms with van der Waals surface area (Å²) in [6, 6.07) is 16.8. The average molecular weight is 865 g/mol. The first kappa shape index (κ1) is 49.6. The fourth-order valence-electron chi connectivity index (χ4n) is 6.03. The van der Waals surface area contributed by atoms with Gasteiger partial charge in [0.25, 0.3) is 0 Å². The number of carbonyl (C=O) groups is 6. The van der Waals surface area contributed by atoms with Gasteiger partial charge >= 0.3 is 18.0 Å². The molecule has 4 amide bonds. The van der Waals surface area contributed by atoms with E-state index in [-0.39, 0.29) is 25.9 Å². The zero-order valence-corrected chi connectivity index (χ0v) is 37.2. The molecular weight excluding hydrogens is 805 g/mol. The van der Waals surface area contributed by atoms with E-state index in [1.165, 1.54) is 0 Å². The number of fused-ring (bicyclic) bond motifs is 1. The first-order valence-electron chi connectivity index (χ1n) is 20.1. The van der Waals surface area contributed by atoms with Gasteiger partial charge in [0.15, 0.2) is 9.84 Å². The summed E-state index contributed by atoms with van der Waals surface area (Å²) < 4.78 is 40.2. The van der Waals surface area contributed by atoms with Crippen LogP contribution in [0.15, 0.2) is 84.3 Å². The summed E-state index contributed by atoms with van der Waals surface area (Å²) in [6.45, 7) is 13.3. The van der Waals surface area contributed by atoms with E-state index < -0.39 is 93.3 Å². The fourth-order valence-corrected chi connectivity index (χ4v) is 6.51. The molecule has 4 N–H and O–H groups in total. The van der Waals surface area contributed by atoms with Gasteiger partial charge < -0.3 is 35.5 Å². The van der Waals surface area contributed by atoms with Gasteiger partial charge in [0.05, 0.1) is 12.5 Å². The van der Waals surface area contributed by atoms with Gasteiger partial charge in [-0.1, -0.05) is 92.7 Å². The first-order valence-corrected chi connectivity index (χ1v) is 22.0. The Morgan fingerprint density at radius 3 is 1.90 bits per heavy atom. The number of nitrogens with one attached hydrogen (secondary N) is 4. The number of carbonyl (C=O) groups excluding carboxylic acids is 6.